The number of fused-ring (bicyclic) bond motifs is 1. The highest BCUT2D eigenvalue weighted by atomic mass is 16.5. The molecule has 0 atom stereocenters. The number of nitrogens with one attached hydrogen (secondary N) is 1. The van der Waals surface area contributed by atoms with Crippen LogP contribution in [0.2, 0.25) is 0 Å². The predicted molar refractivity (Wildman–Crippen MR) is 59.5 cm³/mol. The van der Waals surface area contributed by atoms with Gasteiger partial charge in [0.2, 0.25) is 0 Å². The number of anilines is 1. The molecule has 0 spiro atoms. The molecule has 0 amide bonds. The van der Waals surface area contributed by atoms with Crippen molar-refractivity contribution >= 4 is 22.8 Å². The third kappa shape index (κ3) is 1.35. The van der Waals surface area contributed by atoms with E-state index in [2.05, 4.69) is 9.72 Å². The van der Waals surface area contributed by atoms with Gasteiger partial charge in [0.05, 0.1) is 18.1 Å². The monoisotopic (exact) mass is 221 g/mol. The zero-order valence-electron chi connectivity index (χ0n) is 8.90. The Balaban J connectivity index is 2.84. The molecule has 6 nitrogen and oxygen atoms in total. The van der Waals surface area contributed by atoms with E-state index in [0.717, 1.165) is 10.1 Å². The molecule has 0 bridgehead atoms. The Labute approximate surface area is 90.6 Å². The number of carbonyl (C=O) groups is 1. The highest BCUT2D eigenvalue weighted by molar-refractivity contribution is 5.89. The molecule has 0 aliphatic rings. The highest BCUT2D eigenvalue weighted by Gasteiger charge is 2.14. The van der Waals surface area contributed by atoms with Crippen molar-refractivity contribution in [3.8, 4) is 0 Å². The fourth-order valence-corrected chi connectivity index (χ4v) is 1.55. The third-order valence-electron chi connectivity index (χ3n) is 2.43. The molecule has 2 rings (SSSR count). The van der Waals surface area contributed by atoms with Gasteiger partial charge in [0.15, 0.2) is 0 Å². The molecule has 16 heavy (non-hydrogen) atoms. The molecule has 6 heteroatoms. The normalized spacial score (nSPS) is 10.6. The van der Waals surface area contributed by atoms with Gasteiger partial charge in [-0.05, 0) is 24.6 Å². The Bertz CT molecular complexity index is 624. The lowest BCUT2D eigenvalue weighted by atomic mass is 10.2. The van der Waals surface area contributed by atoms with E-state index in [1.165, 1.54) is 7.11 Å². The molecule has 1 heterocycles. The number of H-pyrrole nitrogens is 1. The Morgan fingerprint density at radius 1 is 1.50 bits per heavy atom. The van der Waals surface area contributed by atoms with Crippen molar-refractivity contribution in [2.24, 2.45) is 0 Å². The standard InChI is InChI=1S/C10H11N3O3/c1-5-3-7-8(4-6(5)11)13(9(14)12-7)10(15)16-2/h3-4H,11H2,1-2H3,(H,12,14). The first kappa shape index (κ1) is 10.3. The predicted octanol–water partition coefficient (Wildman–Crippen LogP) is 0.835. The lowest BCUT2D eigenvalue weighted by Crippen LogP contribution is -2.24. The van der Waals surface area contributed by atoms with Crippen LogP contribution in [0, 0.1) is 6.92 Å². The van der Waals surface area contributed by atoms with Gasteiger partial charge in [-0.3, -0.25) is 0 Å². The van der Waals surface area contributed by atoms with Crippen molar-refractivity contribution < 1.29 is 9.53 Å². The van der Waals surface area contributed by atoms with Crippen molar-refractivity contribution in [1.82, 2.24) is 9.55 Å². The van der Waals surface area contributed by atoms with Gasteiger partial charge in [-0.15, -0.1) is 0 Å². The number of carbonyl (C=O) groups excluding carboxylic acids is 1. The summed E-state index contributed by atoms with van der Waals surface area (Å²) in [6, 6.07) is 3.28. The van der Waals surface area contributed by atoms with Gasteiger partial charge in [-0.1, -0.05) is 0 Å². The summed E-state index contributed by atoms with van der Waals surface area (Å²) in [6.07, 6.45) is -0.737. The van der Waals surface area contributed by atoms with Gasteiger partial charge in [-0.25, -0.2) is 9.59 Å². The zero-order chi connectivity index (χ0) is 11.9. The fourth-order valence-electron chi connectivity index (χ4n) is 1.55. The van der Waals surface area contributed by atoms with Crippen LogP contribution in [0.3, 0.4) is 0 Å². The molecule has 1 aromatic carbocycles. The maximum absolute atomic E-state index is 11.5. The second-order valence-electron chi connectivity index (χ2n) is 3.46. The minimum absolute atomic E-state index is 0.417. The van der Waals surface area contributed by atoms with Gasteiger partial charge in [0.25, 0.3) is 0 Å². The number of nitrogens with zero attached hydrogens (tertiary/aromatic N) is 1. The van der Waals surface area contributed by atoms with Gasteiger partial charge in [0.1, 0.15) is 0 Å². The van der Waals surface area contributed by atoms with E-state index in [9.17, 15) is 9.59 Å². The highest BCUT2D eigenvalue weighted by Crippen LogP contribution is 2.18. The molecule has 0 aliphatic carbocycles. The molecule has 1 aromatic heterocycles. The number of nitrogen functional groups attached to an aromatic ring is 1. The maximum Gasteiger partial charge on any atom is 0.422 e. The number of aromatic amines is 1. The Kier molecular flexibility index (Phi) is 2.19. The van der Waals surface area contributed by atoms with E-state index < -0.39 is 11.8 Å². The summed E-state index contributed by atoms with van der Waals surface area (Å²) in [6.45, 7) is 1.82. The van der Waals surface area contributed by atoms with E-state index in [0.29, 0.717) is 16.7 Å². The smallest absolute Gasteiger partial charge is 0.422 e. The molecule has 0 unspecified atom stereocenters. The molecule has 0 saturated heterocycles. The first-order chi connectivity index (χ1) is 7.54. The van der Waals surface area contributed by atoms with Crippen LogP contribution < -0.4 is 11.4 Å². The minimum Gasteiger partial charge on any atom is -0.452 e. The van der Waals surface area contributed by atoms with Gasteiger partial charge < -0.3 is 15.5 Å². The number of hydrogen-bond acceptors (Lipinski definition) is 4. The lowest BCUT2D eigenvalue weighted by Gasteiger charge is -2.02. The fraction of sp³-hybridized carbons (Fsp3) is 0.200. The van der Waals surface area contributed by atoms with Gasteiger partial charge >= 0.3 is 11.8 Å². The second kappa shape index (κ2) is 3.41. The number of imidazole rings is 1. The van der Waals surface area contributed by atoms with Crippen LogP contribution in [0.5, 0.6) is 0 Å². The average molecular weight is 221 g/mol. The van der Waals surface area contributed by atoms with Gasteiger partial charge in [0, 0.05) is 5.69 Å². The van der Waals surface area contributed by atoms with Crippen molar-refractivity contribution in [2.75, 3.05) is 12.8 Å². The molecule has 0 radical (unpaired) electrons. The molecule has 0 fully saturated rings. The summed E-state index contributed by atoms with van der Waals surface area (Å²) in [5.41, 5.74) is 7.52. The number of rotatable bonds is 0. The number of nitrogens with two attached hydrogens (primary N) is 1. The van der Waals surface area contributed by atoms with Gasteiger partial charge in [-0.2, -0.15) is 4.57 Å². The second-order valence-corrected chi connectivity index (χ2v) is 3.46. The number of aryl methyl sites for hydroxylation is 1. The summed E-state index contributed by atoms with van der Waals surface area (Å²) in [7, 11) is 1.21. The van der Waals surface area contributed by atoms with Crippen molar-refractivity contribution in [2.45, 2.75) is 6.92 Å². The number of aromatic nitrogens is 2. The summed E-state index contributed by atoms with van der Waals surface area (Å²) in [4.78, 5) is 25.5. The van der Waals surface area contributed by atoms with Crippen molar-refractivity contribution in [3.05, 3.63) is 28.2 Å². The van der Waals surface area contributed by atoms with E-state index in [4.69, 9.17) is 5.73 Å². The Hall–Kier alpha value is -2.24. The van der Waals surface area contributed by atoms with Crippen molar-refractivity contribution in [1.29, 1.82) is 0 Å². The minimum atomic E-state index is -0.737. The number of benzene rings is 1. The first-order valence-electron chi connectivity index (χ1n) is 4.63. The Morgan fingerprint density at radius 2 is 2.19 bits per heavy atom. The van der Waals surface area contributed by atoms with Crippen LogP contribution in [-0.2, 0) is 4.74 Å². The summed E-state index contributed by atoms with van der Waals surface area (Å²) >= 11 is 0. The average Bonchev–Trinajstić information content (AvgIpc) is 2.54. The van der Waals surface area contributed by atoms with E-state index >= 15 is 0 Å². The van der Waals surface area contributed by atoms with Crippen LogP contribution in [0.4, 0.5) is 10.5 Å². The van der Waals surface area contributed by atoms with Crippen LogP contribution in [0.15, 0.2) is 16.9 Å². The van der Waals surface area contributed by atoms with Crippen molar-refractivity contribution in [3.63, 3.8) is 0 Å². The summed E-state index contributed by atoms with van der Waals surface area (Å²) < 4.78 is 5.42. The summed E-state index contributed by atoms with van der Waals surface area (Å²) in [5, 5.41) is 0. The van der Waals surface area contributed by atoms with E-state index in [-0.39, 0.29) is 0 Å². The molecular weight excluding hydrogens is 210 g/mol. The quantitative estimate of drug-likeness (QED) is 0.645. The summed E-state index contributed by atoms with van der Waals surface area (Å²) in [5.74, 6) is 0. The topological polar surface area (TPSA) is 90.1 Å². The first-order valence-corrected chi connectivity index (χ1v) is 4.63. The van der Waals surface area contributed by atoms with Crippen LogP contribution in [0.25, 0.3) is 11.0 Å². The molecule has 0 saturated carbocycles. The number of methoxy groups -OCH3 is 1. The van der Waals surface area contributed by atoms with E-state index in [1.54, 1.807) is 12.1 Å². The largest absolute Gasteiger partial charge is 0.452 e. The van der Waals surface area contributed by atoms with Crippen LogP contribution in [0.1, 0.15) is 5.56 Å². The maximum atomic E-state index is 11.5. The van der Waals surface area contributed by atoms with Crippen LogP contribution >= 0.6 is 0 Å². The number of hydrogen-bond donors (Lipinski definition) is 2. The molecule has 84 valence electrons. The molecular formula is C10H11N3O3. The zero-order valence-corrected chi connectivity index (χ0v) is 8.90. The molecule has 2 aromatic rings. The lowest BCUT2D eigenvalue weighted by molar-refractivity contribution is 0.173. The Morgan fingerprint density at radius 3 is 2.81 bits per heavy atom. The number of ether oxygens (including phenoxy) is 1. The molecule has 3 N–H and O–H groups in total. The third-order valence-corrected chi connectivity index (χ3v) is 2.43. The SMILES string of the molecule is COC(=O)n1c(=O)[nH]c2cc(C)c(N)cc21. The van der Waals surface area contributed by atoms with E-state index in [1.807, 2.05) is 6.92 Å². The molecule has 0 aliphatic heterocycles. The van der Waals surface area contributed by atoms with Crippen LogP contribution in [-0.4, -0.2) is 22.8 Å².